The summed E-state index contributed by atoms with van der Waals surface area (Å²) in [5.41, 5.74) is 0. The van der Waals surface area contributed by atoms with Crippen LogP contribution in [0.3, 0.4) is 0 Å². The fraction of sp³-hybridized carbons (Fsp3) is 0.300. The second-order valence-electron chi connectivity index (χ2n) is 2.97. The maximum atomic E-state index is 11.3. The molecule has 6 heteroatoms. The van der Waals surface area contributed by atoms with Crippen LogP contribution in [0.25, 0.3) is 0 Å². The summed E-state index contributed by atoms with van der Waals surface area (Å²) in [5, 5.41) is 10.9. The first kappa shape index (κ1) is 12.5. The van der Waals surface area contributed by atoms with Crippen LogP contribution in [0, 0.1) is 0 Å². The Morgan fingerprint density at radius 3 is 2.69 bits per heavy atom. The minimum Gasteiger partial charge on any atom is -0.481 e. The first-order valence-electron chi connectivity index (χ1n) is 4.70. The zero-order chi connectivity index (χ0) is 11.8. The number of carbonyl (C=O) groups is 2. The van der Waals surface area contributed by atoms with Crippen molar-refractivity contribution in [1.29, 1.82) is 0 Å². The molecule has 0 spiro atoms. The van der Waals surface area contributed by atoms with Crippen molar-refractivity contribution in [3.8, 4) is 0 Å². The summed E-state index contributed by atoms with van der Waals surface area (Å²) in [7, 11) is 0. The van der Waals surface area contributed by atoms with Gasteiger partial charge in [0.25, 0.3) is 0 Å². The smallest absolute Gasteiger partial charge is 0.305 e. The average Bonchev–Trinajstić information content (AvgIpc) is 2.27. The second kappa shape index (κ2) is 6.84. The van der Waals surface area contributed by atoms with E-state index in [1.165, 1.54) is 11.8 Å². The summed E-state index contributed by atoms with van der Waals surface area (Å²) in [6.45, 7) is 0.172. The van der Waals surface area contributed by atoms with Crippen molar-refractivity contribution in [2.24, 2.45) is 0 Å². The number of pyridine rings is 1. The molecular weight excluding hydrogens is 228 g/mol. The number of carboxylic acids is 1. The predicted molar refractivity (Wildman–Crippen MR) is 60.2 cm³/mol. The molecule has 0 aliphatic carbocycles. The standard InChI is InChI=1S/C10H12N2O3S/c13-9(12-6-3-10(14)15)7-16-8-1-4-11-5-2-8/h1-2,4-5H,3,6-7H2,(H,12,13)(H,14,15). The zero-order valence-corrected chi connectivity index (χ0v) is 9.37. The van der Waals surface area contributed by atoms with Gasteiger partial charge in [0.1, 0.15) is 0 Å². The van der Waals surface area contributed by atoms with E-state index in [0.717, 1.165) is 4.90 Å². The number of nitrogens with zero attached hydrogens (tertiary/aromatic N) is 1. The summed E-state index contributed by atoms with van der Waals surface area (Å²) in [4.78, 5) is 26.3. The molecule has 0 saturated heterocycles. The van der Waals surface area contributed by atoms with Crippen LogP contribution in [0.2, 0.25) is 0 Å². The fourth-order valence-electron chi connectivity index (χ4n) is 0.943. The largest absolute Gasteiger partial charge is 0.481 e. The van der Waals surface area contributed by atoms with Gasteiger partial charge in [-0.1, -0.05) is 0 Å². The Morgan fingerprint density at radius 1 is 1.38 bits per heavy atom. The minimum atomic E-state index is -0.915. The van der Waals surface area contributed by atoms with Crippen molar-refractivity contribution >= 4 is 23.6 Å². The molecule has 1 amide bonds. The van der Waals surface area contributed by atoms with Gasteiger partial charge in [-0.25, -0.2) is 0 Å². The maximum Gasteiger partial charge on any atom is 0.305 e. The van der Waals surface area contributed by atoms with Crippen LogP contribution in [0.5, 0.6) is 0 Å². The van der Waals surface area contributed by atoms with E-state index in [1.54, 1.807) is 12.4 Å². The molecular formula is C10H12N2O3S. The molecule has 5 nitrogen and oxygen atoms in total. The van der Waals surface area contributed by atoms with Gasteiger partial charge >= 0.3 is 5.97 Å². The highest BCUT2D eigenvalue weighted by atomic mass is 32.2. The number of amides is 1. The van der Waals surface area contributed by atoms with Crippen LogP contribution in [-0.2, 0) is 9.59 Å². The Morgan fingerprint density at radius 2 is 2.06 bits per heavy atom. The van der Waals surface area contributed by atoms with E-state index in [1.807, 2.05) is 12.1 Å². The molecule has 0 aliphatic heterocycles. The van der Waals surface area contributed by atoms with E-state index in [-0.39, 0.29) is 24.6 Å². The Balaban J connectivity index is 2.18. The van der Waals surface area contributed by atoms with Gasteiger partial charge in [-0.05, 0) is 12.1 Å². The molecule has 0 bridgehead atoms. The van der Waals surface area contributed by atoms with Gasteiger partial charge in [-0.2, -0.15) is 0 Å². The van der Waals surface area contributed by atoms with Gasteiger partial charge in [0, 0.05) is 23.8 Å². The fourth-order valence-corrected chi connectivity index (χ4v) is 1.66. The van der Waals surface area contributed by atoms with E-state index >= 15 is 0 Å². The number of thioether (sulfide) groups is 1. The Hall–Kier alpha value is -1.56. The Bertz CT molecular complexity index is 356. The van der Waals surface area contributed by atoms with E-state index in [4.69, 9.17) is 5.11 Å². The molecule has 0 aliphatic rings. The van der Waals surface area contributed by atoms with Crippen LogP contribution in [0.15, 0.2) is 29.4 Å². The summed E-state index contributed by atoms with van der Waals surface area (Å²) in [6.07, 6.45) is 3.26. The topological polar surface area (TPSA) is 79.3 Å². The van der Waals surface area contributed by atoms with Crippen LogP contribution >= 0.6 is 11.8 Å². The summed E-state index contributed by atoms with van der Waals surface area (Å²) in [6, 6.07) is 3.63. The Labute approximate surface area is 97.3 Å². The second-order valence-corrected chi connectivity index (χ2v) is 4.01. The van der Waals surface area contributed by atoms with Crippen LogP contribution in [0.1, 0.15) is 6.42 Å². The van der Waals surface area contributed by atoms with Crippen molar-refractivity contribution in [2.45, 2.75) is 11.3 Å². The average molecular weight is 240 g/mol. The number of carbonyl (C=O) groups excluding carboxylic acids is 1. The van der Waals surface area contributed by atoms with Gasteiger partial charge in [0.2, 0.25) is 5.91 Å². The molecule has 1 rings (SSSR count). The minimum absolute atomic E-state index is 0.0499. The molecule has 0 radical (unpaired) electrons. The molecule has 86 valence electrons. The van der Waals surface area contributed by atoms with Crippen LogP contribution < -0.4 is 5.32 Å². The molecule has 1 aromatic rings. The number of hydrogen-bond donors (Lipinski definition) is 2. The normalized spacial score (nSPS) is 9.75. The highest BCUT2D eigenvalue weighted by Gasteiger charge is 2.03. The summed E-state index contributed by atoms with van der Waals surface area (Å²) >= 11 is 1.39. The van der Waals surface area contributed by atoms with E-state index in [0.29, 0.717) is 0 Å². The van der Waals surface area contributed by atoms with Crippen molar-refractivity contribution in [3.05, 3.63) is 24.5 Å². The van der Waals surface area contributed by atoms with Crippen LogP contribution in [-0.4, -0.2) is 34.3 Å². The lowest BCUT2D eigenvalue weighted by atomic mass is 10.4. The maximum absolute atomic E-state index is 11.3. The molecule has 1 heterocycles. The van der Waals surface area contributed by atoms with Crippen molar-refractivity contribution in [3.63, 3.8) is 0 Å². The first-order valence-corrected chi connectivity index (χ1v) is 5.68. The number of aromatic nitrogens is 1. The predicted octanol–water partition coefficient (Wildman–Crippen LogP) is 0.765. The van der Waals surface area contributed by atoms with Gasteiger partial charge in [0.15, 0.2) is 0 Å². The highest BCUT2D eigenvalue weighted by Crippen LogP contribution is 2.15. The number of carboxylic acid groups (broad SMARTS) is 1. The molecule has 16 heavy (non-hydrogen) atoms. The first-order chi connectivity index (χ1) is 7.68. The number of rotatable bonds is 6. The lowest BCUT2D eigenvalue weighted by Crippen LogP contribution is -2.27. The number of hydrogen-bond acceptors (Lipinski definition) is 4. The zero-order valence-electron chi connectivity index (χ0n) is 8.55. The quantitative estimate of drug-likeness (QED) is 0.718. The summed E-state index contributed by atoms with van der Waals surface area (Å²) < 4.78 is 0. The van der Waals surface area contributed by atoms with Gasteiger partial charge in [-0.3, -0.25) is 14.6 Å². The van der Waals surface area contributed by atoms with E-state index in [9.17, 15) is 9.59 Å². The van der Waals surface area contributed by atoms with E-state index in [2.05, 4.69) is 10.3 Å². The van der Waals surface area contributed by atoms with Crippen LogP contribution in [0.4, 0.5) is 0 Å². The van der Waals surface area contributed by atoms with Gasteiger partial charge in [0.05, 0.1) is 12.2 Å². The van der Waals surface area contributed by atoms with Crippen molar-refractivity contribution < 1.29 is 14.7 Å². The molecule has 0 fully saturated rings. The number of nitrogens with one attached hydrogen (secondary N) is 1. The molecule has 0 saturated carbocycles. The lowest BCUT2D eigenvalue weighted by molar-refractivity contribution is -0.136. The molecule has 2 N–H and O–H groups in total. The molecule has 0 aromatic carbocycles. The van der Waals surface area contributed by atoms with Crippen molar-refractivity contribution in [2.75, 3.05) is 12.3 Å². The third-order valence-corrected chi connectivity index (χ3v) is 2.69. The third kappa shape index (κ3) is 5.35. The Kier molecular flexibility index (Phi) is 5.35. The van der Waals surface area contributed by atoms with E-state index < -0.39 is 5.97 Å². The third-order valence-electron chi connectivity index (χ3n) is 1.68. The SMILES string of the molecule is O=C(O)CCNC(=O)CSc1ccncc1. The molecule has 1 aromatic heterocycles. The molecule has 0 unspecified atom stereocenters. The summed E-state index contributed by atoms with van der Waals surface area (Å²) in [5.74, 6) is -0.797. The molecule has 0 atom stereocenters. The monoisotopic (exact) mass is 240 g/mol. The van der Waals surface area contributed by atoms with Crippen molar-refractivity contribution in [1.82, 2.24) is 10.3 Å². The number of aliphatic carboxylic acids is 1. The highest BCUT2D eigenvalue weighted by molar-refractivity contribution is 8.00. The van der Waals surface area contributed by atoms with Gasteiger partial charge in [-0.15, -0.1) is 11.8 Å². The van der Waals surface area contributed by atoms with Gasteiger partial charge < -0.3 is 10.4 Å². The lowest BCUT2D eigenvalue weighted by Gasteiger charge is -2.03.